The first-order valence-electron chi connectivity index (χ1n) is 11.0. The summed E-state index contributed by atoms with van der Waals surface area (Å²) in [5, 5.41) is 9.10. The molecule has 168 valence electrons. The molecule has 1 saturated heterocycles. The van der Waals surface area contributed by atoms with E-state index in [4.69, 9.17) is 9.26 Å². The maximum Gasteiger partial charge on any atom is 0.241 e. The third kappa shape index (κ3) is 5.47. The molecule has 1 aliphatic heterocycles. The highest BCUT2D eigenvalue weighted by Gasteiger charge is 2.27. The third-order valence-electron chi connectivity index (χ3n) is 5.55. The van der Waals surface area contributed by atoms with E-state index in [1.54, 1.807) is 11.3 Å². The zero-order valence-electron chi connectivity index (χ0n) is 18.0. The van der Waals surface area contributed by atoms with E-state index in [0.29, 0.717) is 24.8 Å². The Kier molecular flexibility index (Phi) is 6.46. The lowest BCUT2D eigenvalue weighted by atomic mass is 9.97. The van der Waals surface area contributed by atoms with Gasteiger partial charge in [-0.1, -0.05) is 29.4 Å². The van der Waals surface area contributed by atoms with E-state index in [1.807, 2.05) is 72.1 Å². The number of thiophene rings is 1. The van der Waals surface area contributed by atoms with Crippen LogP contribution in [0.1, 0.15) is 18.7 Å². The van der Waals surface area contributed by atoms with E-state index < -0.39 is 0 Å². The zero-order valence-corrected chi connectivity index (χ0v) is 18.8. The number of ether oxygens (including phenoxy) is 1. The van der Waals surface area contributed by atoms with Gasteiger partial charge in [-0.05, 0) is 67.2 Å². The molecule has 2 aromatic heterocycles. The fraction of sp³-hybridized carbons (Fsp3) is 0.240. The second-order valence-electron chi connectivity index (χ2n) is 7.99. The maximum absolute atomic E-state index is 12.9. The molecule has 1 unspecified atom stereocenters. The van der Waals surface area contributed by atoms with Crippen molar-refractivity contribution in [3.05, 3.63) is 78.0 Å². The van der Waals surface area contributed by atoms with Crippen molar-refractivity contribution >= 4 is 22.9 Å². The number of amides is 1. The van der Waals surface area contributed by atoms with Gasteiger partial charge in [-0.15, -0.1) is 11.3 Å². The van der Waals surface area contributed by atoms with Gasteiger partial charge in [0.15, 0.2) is 0 Å². The summed E-state index contributed by atoms with van der Waals surface area (Å²) < 4.78 is 11.2. The number of nitrogens with one attached hydrogen (secondary N) is 1. The Morgan fingerprint density at radius 2 is 1.91 bits per heavy atom. The lowest BCUT2D eigenvalue weighted by Gasteiger charge is -2.30. The van der Waals surface area contributed by atoms with E-state index in [9.17, 15) is 4.79 Å². The van der Waals surface area contributed by atoms with Crippen LogP contribution in [0.3, 0.4) is 0 Å². The molecule has 8 heteroatoms. The lowest BCUT2D eigenvalue weighted by molar-refractivity contribution is -0.121. The summed E-state index contributed by atoms with van der Waals surface area (Å²) in [5.74, 6) is 2.64. The molecule has 0 spiro atoms. The van der Waals surface area contributed by atoms with Gasteiger partial charge in [0, 0.05) is 12.2 Å². The number of para-hydroxylation sites is 1. The van der Waals surface area contributed by atoms with Crippen LogP contribution in [0.5, 0.6) is 11.5 Å². The van der Waals surface area contributed by atoms with Crippen LogP contribution in [-0.4, -0.2) is 34.0 Å². The predicted octanol–water partition coefficient (Wildman–Crippen LogP) is 5.44. The Labute approximate surface area is 196 Å². The number of likely N-dealkylation sites (tertiary alicyclic amines) is 1. The van der Waals surface area contributed by atoms with Crippen molar-refractivity contribution in [2.75, 3.05) is 18.4 Å². The van der Waals surface area contributed by atoms with Crippen molar-refractivity contribution in [2.24, 2.45) is 5.92 Å². The van der Waals surface area contributed by atoms with Gasteiger partial charge in [-0.25, -0.2) is 0 Å². The summed E-state index contributed by atoms with van der Waals surface area (Å²) in [5.41, 5.74) is 0.759. The molecule has 1 fully saturated rings. The minimum Gasteiger partial charge on any atom is -0.457 e. The van der Waals surface area contributed by atoms with Gasteiger partial charge >= 0.3 is 0 Å². The normalized spacial score (nSPS) is 16.4. The molecule has 1 aliphatic rings. The third-order valence-corrected chi connectivity index (χ3v) is 6.41. The summed E-state index contributed by atoms with van der Waals surface area (Å²) in [4.78, 5) is 20.6. The number of piperidine rings is 1. The van der Waals surface area contributed by atoms with Gasteiger partial charge in [-0.2, -0.15) is 4.98 Å². The van der Waals surface area contributed by atoms with Gasteiger partial charge in [0.1, 0.15) is 11.5 Å². The van der Waals surface area contributed by atoms with Crippen molar-refractivity contribution in [1.82, 2.24) is 15.0 Å². The maximum atomic E-state index is 12.9. The molecule has 3 heterocycles. The fourth-order valence-corrected chi connectivity index (χ4v) is 4.55. The van der Waals surface area contributed by atoms with E-state index in [1.165, 1.54) is 0 Å². The van der Waals surface area contributed by atoms with Crippen LogP contribution >= 0.6 is 11.3 Å². The molecular weight excluding hydrogens is 436 g/mol. The first kappa shape index (κ1) is 21.4. The Hall–Kier alpha value is -3.49. The SMILES string of the molecule is O=C(Nc1ccc(Oc2ccccc2)cc1)C1CCCN(Cc2nc(-c3cccs3)no2)C1. The van der Waals surface area contributed by atoms with Crippen molar-refractivity contribution < 1.29 is 14.1 Å². The van der Waals surface area contributed by atoms with Crippen molar-refractivity contribution in [1.29, 1.82) is 0 Å². The van der Waals surface area contributed by atoms with E-state index in [-0.39, 0.29) is 11.8 Å². The largest absolute Gasteiger partial charge is 0.457 e. The number of rotatable bonds is 7. The molecule has 0 bridgehead atoms. The van der Waals surface area contributed by atoms with Crippen LogP contribution in [0.25, 0.3) is 10.7 Å². The topological polar surface area (TPSA) is 80.5 Å². The molecule has 1 amide bonds. The van der Waals surface area contributed by atoms with Crippen LogP contribution in [0.2, 0.25) is 0 Å². The van der Waals surface area contributed by atoms with Gasteiger partial charge in [-0.3, -0.25) is 9.69 Å². The van der Waals surface area contributed by atoms with Crippen LogP contribution in [-0.2, 0) is 11.3 Å². The van der Waals surface area contributed by atoms with E-state index >= 15 is 0 Å². The molecule has 5 rings (SSSR count). The number of benzene rings is 2. The smallest absolute Gasteiger partial charge is 0.241 e. The number of hydrogen-bond acceptors (Lipinski definition) is 7. The molecule has 1 atom stereocenters. The summed E-state index contributed by atoms with van der Waals surface area (Å²) >= 11 is 1.58. The standard InChI is InChI=1S/C25H24N4O3S/c30-25(26-19-10-12-21(13-11-19)31-20-7-2-1-3-8-20)18-6-4-14-29(16-18)17-23-27-24(28-32-23)22-9-5-15-33-22/h1-3,5,7-13,15,18H,4,6,14,16-17H2,(H,26,30). The van der Waals surface area contributed by atoms with Crippen molar-refractivity contribution in [3.63, 3.8) is 0 Å². The highest BCUT2D eigenvalue weighted by atomic mass is 32.1. The molecule has 33 heavy (non-hydrogen) atoms. The van der Waals surface area contributed by atoms with Crippen molar-refractivity contribution in [2.45, 2.75) is 19.4 Å². The molecule has 2 aromatic carbocycles. The number of anilines is 1. The average Bonchev–Trinajstić information content (AvgIpc) is 3.54. The molecule has 0 saturated carbocycles. The second-order valence-corrected chi connectivity index (χ2v) is 8.94. The predicted molar refractivity (Wildman–Crippen MR) is 127 cm³/mol. The minimum absolute atomic E-state index is 0.0289. The molecule has 4 aromatic rings. The number of hydrogen-bond donors (Lipinski definition) is 1. The highest BCUT2D eigenvalue weighted by molar-refractivity contribution is 7.13. The van der Waals surface area contributed by atoms with Gasteiger partial charge in [0.2, 0.25) is 17.6 Å². The quantitative estimate of drug-likeness (QED) is 0.395. The number of carbonyl (C=O) groups excluding carboxylic acids is 1. The van der Waals surface area contributed by atoms with Gasteiger partial charge < -0.3 is 14.6 Å². The van der Waals surface area contributed by atoms with Crippen LogP contribution in [0.15, 0.2) is 76.6 Å². The summed E-state index contributed by atoms with van der Waals surface area (Å²) in [7, 11) is 0. The van der Waals surface area contributed by atoms with Crippen LogP contribution in [0.4, 0.5) is 5.69 Å². The summed E-state index contributed by atoms with van der Waals surface area (Å²) in [6, 6.07) is 21.0. The first-order valence-corrected chi connectivity index (χ1v) is 11.8. The molecular formula is C25H24N4O3S. The van der Waals surface area contributed by atoms with Gasteiger partial charge in [0.05, 0.1) is 17.3 Å². The van der Waals surface area contributed by atoms with Gasteiger partial charge in [0.25, 0.3) is 0 Å². The lowest BCUT2D eigenvalue weighted by Crippen LogP contribution is -2.40. The Balaban J connectivity index is 1.15. The average molecular weight is 461 g/mol. The van der Waals surface area contributed by atoms with E-state index in [2.05, 4.69) is 20.4 Å². The molecule has 1 N–H and O–H groups in total. The van der Waals surface area contributed by atoms with E-state index in [0.717, 1.165) is 41.4 Å². The minimum atomic E-state index is -0.0846. The Morgan fingerprint density at radius 3 is 2.70 bits per heavy atom. The number of aromatic nitrogens is 2. The van der Waals surface area contributed by atoms with Crippen molar-refractivity contribution in [3.8, 4) is 22.2 Å². The van der Waals surface area contributed by atoms with Crippen LogP contribution < -0.4 is 10.1 Å². The highest BCUT2D eigenvalue weighted by Crippen LogP contribution is 2.25. The second kappa shape index (κ2) is 9.97. The zero-order chi connectivity index (χ0) is 22.5. The first-order chi connectivity index (χ1) is 16.2. The Morgan fingerprint density at radius 1 is 1.09 bits per heavy atom. The fourth-order valence-electron chi connectivity index (χ4n) is 3.90. The number of carbonyl (C=O) groups is 1. The molecule has 0 radical (unpaired) electrons. The van der Waals surface area contributed by atoms with Crippen LogP contribution in [0, 0.1) is 5.92 Å². The summed E-state index contributed by atoms with van der Waals surface area (Å²) in [6.45, 7) is 2.12. The molecule has 7 nitrogen and oxygen atoms in total. The monoisotopic (exact) mass is 460 g/mol. The molecule has 0 aliphatic carbocycles. The Bertz CT molecular complexity index is 1180. The number of nitrogens with zero attached hydrogens (tertiary/aromatic N) is 3. The summed E-state index contributed by atoms with van der Waals surface area (Å²) in [6.07, 6.45) is 1.82.